The van der Waals surface area contributed by atoms with Gasteiger partial charge in [0.05, 0.1) is 5.69 Å². The van der Waals surface area contributed by atoms with E-state index in [-0.39, 0.29) is 12.4 Å². The van der Waals surface area contributed by atoms with Crippen molar-refractivity contribution in [3.8, 4) is 11.3 Å². The van der Waals surface area contributed by atoms with Gasteiger partial charge in [0.25, 0.3) is 0 Å². The molecule has 0 atom stereocenters. The zero-order valence-corrected chi connectivity index (χ0v) is 8.42. The summed E-state index contributed by atoms with van der Waals surface area (Å²) in [5, 5.41) is 6.80. The van der Waals surface area contributed by atoms with E-state index in [1.54, 1.807) is 6.20 Å². The van der Waals surface area contributed by atoms with Gasteiger partial charge in [-0.1, -0.05) is 24.3 Å². The zero-order valence-electron chi connectivity index (χ0n) is 7.60. The molecule has 0 saturated carbocycles. The largest absolute Gasteiger partial charge is 0.326 e. The third-order valence-electron chi connectivity index (χ3n) is 2.00. The number of hydrogen-bond donors (Lipinski definition) is 2. The highest BCUT2D eigenvalue weighted by Gasteiger charge is 1.97. The highest BCUT2D eigenvalue weighted by Crippen LogP contribution is 2.16. The van der Waals surface area contributed by atoms with Crippen molar-refractivity contribution in [3.63, 3.8) is 0 Å². The summed E-state index contributed by atoms with van der Waals surface area (Å²) in [7, 11) is 0. The number of nitrogens with two attached hydrogens (primary N) is 1. The summed E-state index contributed by atoms with van der Waals surface area (Å²) in [6, 6.07) is 10.1. The van der Waals surface area contributed by atoms with Gasteiger partial charge in [-0.05, 0) is 17.2 Å². The molecule has 0 fully saturated rings. The van der Waals surface area contributed by atoms with E-state index in [1.165, 1.54) is 0 Å². The molecule has 0 bridgehead atoms. The van der Waals surface area contributed by atoms with Crippen LogP contribution in [0.5, 0.6) is 0 Å². The molecule has 0 aliphatic rings. The first-order valence-corrected chi connectivity index (χ1v) is 4.19. The van der Waals surface area contributed by atoms with Gasteiger partial charge in [0.1, 0.15) is 0 Å². The van der Waals surface area contributed by atoms with Crippen molar-refractivity contribution in [2.45, 2.75) is 6.54 Å². The van der Waals surface area contributed by atoms with Crippen LogP contribution < -0.4 is 5.73 Å². The van der Waals surface area contributed by atoms with E-state index >= 15 is 0 Å². The summed E-state index contributed by atoms with van der Waals surface area (Å²) in [6.07, 6.45) is 1.74. The average Bonchev–Trinajstić information content (AvgIpc) is 2.71. The zero-order chi connectivity index (χ0) is 9.10. The Hall–Kier alpha value is -1.32. The normalized spacial score (nSPS) is 9.50. The molecule has 3 nitrogen and oxygen atoms in total. The van der Waals surface area contributed by atoms with E-state index in [1.807, 2.05) is 30.3 Å². The van der Waals surface area contributed by atoms with Gasteiger partial charge in [0, 0.05) is 12.7 Å². The fourth-order valence-corrected chi connectivity index (χ4v) is 1.24. The molecule has 0 aliphatic heterocycles. The topological polar surface area (TPSA) is 54.7 Å². The summed E-state index contributed by atoms with van der Waals surface area (Å²) in [5.41, 5.74) is 8.81. The molecule has 3 N–H and O–H groups in total. The average molecular weight is 210 g/mol. The van der Waals surface area contributed by atoms with Crippen LogP contribution in [0, 0.1) is 0 Å². The van der Waals surface area contributed by atoms with Crippen LogP contribution in [0.25, 0.3) is 11.3 Å². The number of aromatic nitrogens is 2. The van der Waals surface area contributed by atoms with Crippen LogP contribution in [-0.2, 0) is 6.54 Å². The molecule has 1 aromatic heterocycles. The first-order valence-electron chi connectivity index (χ1n) is 4.19. The predicted molar refractivity (Wildman–Crippen MR) is 59.2 cm³/mol. The molecule has 1 aromatic carbocycles. The maximum Gasteiger partial charge on any atom is 0.0650 e. The third kappa shape index (κ3) is 2.13. The summed E-state index contributed by atoms with van der Waals surface area (Å²) in [6.45, 7) is 0.587. The van der Waals surface area contributed by atoms with Crippen LogP contribution in [0.2, 0.25) is 0 Å². The Morgan fingerprint density at radius 1 is 1.14 bits per heavy atom. The van der Waals surface area contributed by atoms with Gasteiger partial charge in [0.2, 0.25) is 0 Å². The molecule has 0 aliphatic carbocycles. The van der Waals surface area contributed by atoms with E-state index in [9.17, 15) is 0 Å². The van der Waals surface area contributed by atoms with Crippen molar-refractivity contribution >= 4 is 12.4 Å². The smallest absolute Gasteiger partial charge is 0.0650 e. The highest BCUT2D eigenvalue weighted by molar-refractivity contribution is 5.85. The van der Waals surface area contributed by atoms with Gasteiger partial charge >= 0.3 is 0 Å². The van der Waals surface area contributed by atoms with Crippen LogP contribution in [0.1, 0.15) is 5.56 Å². The number of hydrogen-bond acceptors (Lipinski definition) is 2. The lowest BCUT2D eigenvalue weighted by Gasteiger charge is -1.99. The van der Waals surface area contributed by atoms with Gasteiger partial charge in [-0.15, -0.1) is 12.4 Å². The van der Waals surface area contributed by atoms with E-state index in [0.717, 1.165) is 16.8 Å². The number of halogens is 1. The maximum absolute atomic E-state index is 5.50. The SMILES string of the molecule is Cl.NCc1ccc(-c2ccn[nH]2)cc1. The number of nitrogens with zero attached hydrogens (tertiary/aromatic N) is 1. The molecule has 74 valence electrons. The van der Waals surface area contributed by atoms with Crippen LogP contribution >= 0.6 is 12.4 Å². The molecule has 0 spiro atoms. The molecule has 14 heavy (non-hydrogen) atoms. The Labute approximate surface area is 88.7 Å². The maximum atomic E-state index is 5.50. The molecule has 4 heteroatoms. The molecule has 2 rings (SSSR count). The van der Waals surface area contributed by atoms with Crippen LogP contribution in [0.15, 0.2) is 36.5 Å². The minimum absolute atomic E-state index is 0. The van der Waals surface area contributed by atoms with Crippen molar-refractivity contribution in [3.05, 3.63) is 42.1 Å². The Balaban J connectivity index is 0.000000980. The minimum atomic E-state index is 0. The number of rotatable bonds is 2. The van der Waals surface area contributed by atoms with Crippen LogP contribution in [0.3, 0.4) is 0 Å². The van der Waals surface area contributed by atoms with Crippen LogP contribution in [0.4, 0.5) is 0 Å². The Morgan fingerprint density at radius 3 is 2.36 bits per heavy atom. The van der Waals surface area contributed by atoms with Crippen molar-refractivity contribution in [2.24, 2.45) is 5.73 Å². The Bertz CT molecular complexity index is 367. The second-order valence-electron chi connectivity index (χ2n) is 2.87. The van der Waals surface area contributed by atoms with Crippen molar-refractivity contribution in [2.75, 3.05) is 0 Å². The van der Waals surface area contributed by atoms with Crippen LogP contribution in [-0.4, -0.2) is 10.2 Å². The van der Waals surface area contributed by atoms with Gasteiger partial charge in [-0.25, -0.2) is 0 Å². The summed E-state index contributed by atoms with van der Waals surface area (Å²) >= 11 is 0. The second-order valence-corrected chi connectivity index (χ2v) is 2.87. The first-order chi connectivity index (χ1) is 6.40. The molecule has 0 unspecified atom stereocenters. The van der Waals surface area contributed by atoms with Crippen molar-refractivity contribution < 1.29 is 0 Å². The molecule has 0 radical (unpaired) electrons. The van der Waals surface area contributed by atoms with E-state index < -0.39 is 0 Å². The highest BCUT2D eigenvalue weighted by atomic mass is 35.5. The lowest BCUT2D eigenvalue weighted by molar-refractivity contribution is 1.07. The van der Waals surface area contributed by atoms with Crippen molar-refractivity contribution in [1.29, 1.82) is 0 Å². The summed E-state index contributed by atoms with van der Waals surface area (Å²) in [5.74, 6) is 0. The van der Waals surface area contributed by atoms with E-state index in [0.29, 0.717) is 6.54 Å². The fraction of sp³-hybridized carbons (Fsp3) is 0.100. The molecule has 0 amide bonds. The number of benzene rings is 1. The monoisotopic (exact) mass is 209 g/mol. The quantitative estimate of drug-likeness (QED) is 0.795. The molecule has 1 heterocycles. The minimum Gasteiger partial charge on any atom is -0.326 e. The summed E-state index contributed by atoms with van der Waals surface area (Å²) in [4.78, 5) is 0. The fourth-order valence-electron chi connectivity index (χ4n) is 1.24. The first kappa shape index (κ1) is 10.8. The number of aromatic amines is 1. The Morgan fingerprint density at radius 2 is 1.86 bits per heavy atom. The summed E-state index contributed by atoms with van der Waals surface area (Å²) < 4.78 is 0. The lowest BCUT2D eigenvalue weighted by Crippen LogP contribution is -1.95. The van der Waals surface area contributed by atoms with Crippen molar-refractivity contribution in [1.82, 2.24) is 10.2 Å². The molecule has 2 aromatic rings. The number of nitrogens with one attached hydrogen (secondary N) is 1. The lowest BCUT2D eigenvalue weighted by atomic mass is 10.1. The van der Waals surface area contributed by atoms with E-state index in [2.05, 4.69) is 10.2 Å². The molecule has 0 saturated heterocycles. The number of H-pyrrole nitrogens is 1. The second kappa shape index (κ2) is 4.79. The predicted octanol–water partition coefficient (Wildman–Crippen LogP) is 1.96. The standard InChI is InChI=1S/C10H11N3.ClH/c11-7-8-1-3-9(4-2-8)10-5-6-12-13-10;/h1-6H,7,11H2,(H,12,13);1H. The molecular weight excluding hydrogens is 198 g/mol. The Kier molecular flexibility index (Phi) is 3.68. The van der Waals surface area contributed by atoms with Gasteiger partial charge in [-0.2, -0.15) is 5.10 Å². The third-order valence-corrected chi connectivity index (χ3v) is 2.00. The molecular formula is C10H12ClN3. The van der Waals surface area contributed by atoms with Gasteiger partial charge < -0.3 is 5.73 Å². The van der Waals surface area contributed by atoms with Gasteiger partial charge in [-0.3, -0.25) is 5.10 Å². The van der Waals surface area contributed by atoms with E-state index in [4.69, 9.17) is 5.73 Å². The van der Waals surface area contributed by atoms with Gasteiger partial charge in [0.15, 0.2) is 0 Å².